The van der Waals surface area contributed by atoms with E-state index in [0.717, 1.165) is 50.1 Å². The number of hydrogen-bond donors (Lipinski definition) is 2. The summed E-state index contributed by atoms with van der Waals surface area (Å²) in [7, 11) is 0. The van der Waals surface area contributed by atoms with Gasteiger partial charge in [0.15, 0.2) is 5.82 Å². The van der Waals surface area contributed by atoms with Gasteiger partial charge in [-0.05, 0) is 50.7 Å². The van der Waals surface area contributed by atoms with Gasteiger partial charge < -0.3 is 10.1 Å². The lowest BCUT2D eigenvalue weighted by Gasteiger charge is -2.28. The standard InChI is InChI=1S/C26H27F2N7O2/c1-2-37-15-16-6-8-19(9-7-16)35-14-23(25(34-35)24-20(28)10-18(27)13-29-24)33-26(36)22-5-3-4-21(32-22)17-11-30-31-12-17/h3-5,10-14,16,19H,2,6-9,15H2,1H3,(H,30,31)(H,33,36). The van der Waals surface area contributed by atoms with Crippen molar-refractivity contribution in [2.75, 3.05) is 18.5 Å². The Hall–Kier alpha value is -3.99. The van der Waals surface area contributed by atoms with Crippen LogP contribution in [0.5, 0.6) is 0 Å². The fourth-order valence-electron chi connectivity index (χ4n) is 4.59. The van der Waals surface area contributed by atoms with E-state index in [0.29, 0.717) is 18.2 Å². The van der Waals surface area contributed by atoms with Crippen LogP contribution in [-0.2, 0) is 4.74 Å². The summed E-state index contributed by atoms with van der Waals surface area (Å²) >= 11 is 0. The highest BCUT2D eigenvalue weighted by Gasteiger charge is 2.26. The number of nitrogens with zero attached hydrogens (tertiary/aromatic N) is 5. The lowest BCUT2D eigenvalue weighted by atomic mass is 9.86. The van der Waals surface area contributed by atoms with Crippen molar-refractivity contribution >= 4 is 11.6 Å². The molecule has 4 aromatic rings. The summed E-state index contributed by atoms with van der Waals surface area (Å²) in [4.78, 5) is 21.5. The summed E-state index contributed by atoms with van der Waals surface area (Å²) in [5.41, 5.74) is 1.75. The molecule has 0 spiro atoms. The topological polar surface area (TPSA) is 111 Å². The molecule has 4 heterocycles. The summed E-state index contributed by atoms with van der Waals surface area (Å²) in [6.07, 6.45) is 9.62. The Labute approximate surface area is 212 Å². The number of nitrogens with one attached hydrogen (secondary N) is 2. The van der Waals surface area contributed by atoms with Crippen LogP contribution in [0.15, 0.2) is 49.1 Å². The van der Waals surface area contributed by atoms with Gasteiger partial charge in [-0.1, -0.05) is 6.07 Å². The third kappa shape index (κ3) is 5.56. The van der Waals surface area contributed by atoms with Crippen LogP contribution in [0.2, 0.25) is 0 Å². The molecule has 37 heavy (non-hydrogen) atoms. The fraction of sp³-hybridized carbons (Fsp3) is 0.346. The number of anilines is 1. The number of amides is 1. The van der Waals surface area contributed by atoms with E-state index in [9.17, 15) is 13.6 Å². The molecule has 0 aromatic carbocycles. The third-order valence-corrected chi connectivity index (χ3v) is 6.54. The molecule has 0 atom stereocenters. The number of halogens is 2. The first-order chi connectivity index (χ1) is 18.0. The highest BCUT2D eigenvalue weighted by molar-refractivity contribution is 6.04. The Kier molecular flexibility index (Phi) is 7.31. The van der Waals surface area contributed by atoms with Gasteiger partial charge in [-0.25, -0.2) is 18.7 Å². The summed E-state index contributed by atoms with van der Waals surface area (Å²) in [5.74, 6) is -1.65. The van der Waals surface area contributed by atoms with Crippen LogP contribution in [0.1, 0.15) is 49.1 Å². The molecule has 11 heteroatoms. The summed E-state index contributed by atoms with van der Waals surface area (Å²) in [6.45, 7) is 3.42. The molecule has 0 unspecified atom stereocenters. The summed E-state index contributed by atoms with van der Waals surface area (Å²) in [5, 5.41) is 14.0. The van der Waals surface area contributed by atoms with Crippen molar-refractivity contribution < 1.29 is 18.3 Å². The van der Waals surface area contributed by atoms with Crippen molar-refractivity contribution in [3.8, 4) is 22.6 Å². The summed E-state index contributed by atoms with van der Waals surface area (Å²) in [6, 6.07) is 5.90. The van der Waals surface area contributed by atoms with Gasteiger partial charge in [0, 0.05) is 37.2 Å². The third-order valence-electron chi connectivity index (χ3n) is 6.54. The van der Waals surface area contributed by atoms with Crippen LogP contribution in [0.25, 0.3) is 22.6 Å². The molecule has 1 aliphatic rings. The number of aromatic nitrogens is 6. The molecule has 9 nitrogen and oxygen atoms in total. The molecular formula is C26H27F2N7O2. The number of aromatic amines is 1. The molecule has 192 valence electrons. The number of hydrogen-bond acceptors (Lipinski definition) is 6. The first kappa shape index (κ1) is 24.7. The van der Waals surface area contributed by atoms with E-state index < -0.39 is 17.5 Å². The van der Waals surface area contributed by atoms with Gasteiger partial charge in [0.2, 0.25) is 0 Å². The minimum atomic E-state index is -0.860. The highest BCUT2D eigenvalue weighted by atomic mass is 19.1. The predicted molar refractivity (Wildman–Crippen MR) is 133 cm³/mol. The van der Waals surface area contributed by atoms with Crippen molar-refractivity contribution in [1.29, 1.82) is 0 Å². The second kappa shape index (κ2) is 11.0. The van der Waals surface area contributed by atoms with Gasteiger partial charge in [0.05, 0.1) is 29.8 Å². The molecule has 1 fully saturated rings. The number of pyridine rings is 2. The van der Waals surface area contributed by atoms with E-state index in [1.807, 2.05) is 6.92 Å². The number of H-pyrrole nitrogens is 1. The van der Waals surface area contributed by atoms with E-state index in [-0.39, 0.29) is 28.8 Å². The molecule has 0 bridgehead atoms. The van der Waals surface area contributed by atoms with E-state index in [2.05, 4.69) is 30.6 Å². The largest absolute Gasteiger partial charge is 0.381 e. The van der Waals surface area contributed by atoms with E-state index in [1.54, 1.807) is 41.5 Å². The SMILES string of the molecule is CCOCC1CCC(n2cc(NC(=O)c3cccc(-c4cn[nH]c4)n3)c(-c3ncc(F)cc3F)n2)CC1. The van der Waals surface area contributed by atoms with Crippen LogP contribution in [0, 0.1) is 17.6 Å². The van der Waals surface area contributed by atoms with E-state index in [4.69, 9.17) is 4.74 Å². The minimum Gasteiger partial charge on any atom is -0.381 e. The number of carbonyl (C=O) groups is 1. The Balaban J connectivity index is 1.42. The molecular weight excluding hydrogens is 480 g/mol. The Bertz CT molecular complexity index is 1370. The number of rotatable bonds is 8. The van der Waals surface area contributed by atoms with Gasteiger partial charge in [0.25, 0.3) is 5.91 Å². The summed E-state index contributed by atoms with van der Waals surface area (Å²) < 4.78 is 35.6. The van der Waals surface area contributed by atoms with Gasteiger partial charge in [0.1, 0.15) is 22.9 Å². The lowest BCUT2D eigenvalue weighted by Crippen LogP contribution is -2.21. The maximum Gasteiger partial charge on any atom is 0.274 e. The van der Waals surface area contributed by atoms with Crippen molar-refractivity contribution in [3.05, 3.63) is 66.4 Å². The molecule has 4 aromatic heterocycles. The fourth-order valence-corrected chi connectivity index (χ4v) is 4.59. The molecule has 0 aliphatic heterocycles. The van der Waals surface area contributed by atoms with Crippen molar-refractivity contribution in [2.45, 2.75) is 38.6 Å². The van der Waals surface area contributed by atoms with Crippen LogP contribution in [0.3, 0.4) is 0 Å². The molecule has 2 N–H and O–H groups in total. The second-order valence-corrected chi connectivity index (χ2v) is 9.04. The zero-order valence-electron chi connectivity index (χ0n) is 20.3. The average Bonchev–Trinajstić information content (AvgIpc) is 3.59. The average molecular weight is 508 g/mol. The molecule has 0 radical (unpaired) electrons. The molecule has 1 amide bonds. The lowest BCUT2D eigenvalue weighted by molar-refractivity contribution is 0.0862. The maximum atomic E-state index is 14.7. The van der Waals surface area contributed by atoms with Crippen LogP contribution in [-0.4, -0.2) is 49.1 Å². The first-order valence-corrected chi connectivity index (χ1v) is 12.3. The zero-order valence-corrected chi connectivity index (χ0v) is 20.3. The van der Waals surface area contributed by atoms with E-state index >= 15 is 0 Å². The minimum absolute atomic E-state index is 0.0772. The quantitative estimate of drug-likeness (QED) is 0.346. The van der Waals surface area contributed by atoms with Gasteiger partial charge >= 0.3 is 0 Å². The Morgan fingerprint density at radius 1 is 1.19 bits per heavy atom. The van der Waals surface area contributed by atoms with Crippen molar-refractivity contribution in [3.63, 3.8) is 0 Å². The first-order valence-electron chi connectivity index (χ1n) is 12.3. The molecule has 1 saturated carbocycles. The normalized spacial score (nSPS) is 17.6. The number of carbonyl (C=O) groups excluding carboxylic acids is 1. The van der Waals surface area contributed by atoms with Crippen LogP contribution < -0.4 is 5.32 Å². The van der Waals surface area contributed by atoms with Gasteiger partial charge in [-0.3, -0.25) is 14.6 Å². The van der Waals surface area contributed by atoms with Crippen LogP contribution in [0.4, 0.5) is 14.5 Å². The smallest absolute Gasteiger partial charge is 0.274 e. The van der Waals surface area contributed by atoms with Crippen molar-refractivity contribution in [2.24, 2.45) is 5.92 Å². The Morgan fingerprint density at radius 2 is 2.03 bits per heavy atom. The maximum absolute atomic E-state index is 14.7. The van der Waals surface area contributed by atoms with Gasteiger partial charge in [-0.2, -0.15) is 10.2 Å². The second-order valence-electron chi connectivity index (χ2n) is 9.04. The zero-order chi connectivity index (χ0) is 25.8. The molecule has 5 rings (SSSR count). The molecule has 1 aliphatic carbocycles. The van der Waals surface area contributed by atoms with E-state index in [1.165, 1.54) is 0 Å². The Morgan fingerprint density at radius 3 is 2.76 bits per heavy atom. The van der Waals surface area contributed by atoms with Gasteiger partial charge in [-0.15, -0.1) is 0 Å². The highest BCUT2D eigenvalue weighted by Crippen LogP contribution is 2.35. The van der Waals surface area contributed by atoms with Crippen molar-refractivity contribution in [1.82, 2.24) is 29.9 Å². The van der Waals surface area contributed by atoms with Crippen LogP contribution >= 0.6 is 0 Å². The number of ether oxygens (including phenoxy) is 1. The monoisotopic (exact) mass is 507 g/mol. The predicted octanol–water partition coefficient (Wildman–Crippen LogP) is 5.03. The molecule has 0 saturated heterocycles.